The molecule has 4 nitrogen and oxygen atoms in total. The zero-order chi connectivity index (χ0) is 22.4. The number of benzene rings is 3. The van der Waals surface area contributed by atoms with Gasteiger partial charge in [0.15, 0.2) is 5.58 Å². The van der Waals surface area contributed by atoms with Gasteiger partial charge in [-0.05, 0) is 62.2 Å². The van der Waals surface area contributed by atoms with Crippen LogP contribution < -0.4 is 10.9 Å². The largest absolute Gasteiger partial charge is 0.439 e. The zero-order valence-electron chi connectivity index (χ0n) is 18.2. The fraction of sp³-hybridized carbons (Fsp3) is 0.148. The summed E-state index contributed by atoms with van der Waals surface area (Å²) in [5.74, 6) is 0.547. The first-order chi connectivity index (χ1) is 15.5. The molecule has 5 heteroatoms. The number of rotatable bonds is 4. The van der Waals surface area contributed by atoms with E-state index in [1.54, 1.807) is 4.57 Å². The third-order valence-electron chi connectivity index (χ3n) is 5.89. The van der Waals surface area contributed by atoms with E-state index in [4.69, 9.17) is 16.0 Å². The Morgan fingerprint density at radius 1 is 1.00 bits per heavy atom. The smallest absolute Gasteiger partial charge is 0.262 e. The number of fused-ring (bicyclic) bond motifs is 3. The molecule has 0 aliphatic carbocycles. The topological polar surface area (TPSA) is 47.2 Å². The van der Waals surface area contributed by atoms with Crippen LogP contribution in [0.5, 0.6) is 0 Å². The predicted molar refractivity (Wildman–Crippen MR) is 133 cm³/mol. The van der Waals surface area contributed by atoms with Crippen LogP contribution in [0.15, 0.2) is 75.9 Å². The standard InChI is InChI=1S/C27H23ClN2O2/c1-4-30-22-8-6-5-7-20(22)25-24(27(30)31)23(18-10-12-19(28)13-11-18)26(32-25)29-21-14-9-16(2)15-17(21)3/h5-15,29H,4H2,1-3H3. The first-order valence-corrected chi connectivity index (χ1v) is 11.0. The van der Waals surface area contributed by atoms with E-state index in [2.05, 4.69) is 31.3 Å². The molecule has 0 radical (unpaired) electrons. The van der Waals surface area contributed by atoms with Crippen LogP contribution in [0.2, 0.25) is 5.02 Å². The number of hydrogen-bond acceptors (Lipinski definition) is 3. The van der Waals surface area contributed by atoms with Crippen LogP contribution in [0.25, 0.3) is 33.0 Å². The van der Waals surface area contributed by atoms with Gasteiger partial charge in [0.05, 0.1) is 16.5 Å². The first-order valence-electron chi connectivity index (χ1n) is 10.7. The predicted octanol–water partition coefficient (Wildman–Crippen LogP) is 7.45. The summed E-state index contributed by atoms with van der Waals surface area (Å²) in [7, 11) is 0. The van der Waals surface area contributed by atoms with Gasteiger partial charge in [-0.25, -0.2) is 0 Å². The van der Waals surface area contributed by atoms with Crippen LogP contribution in [0.4, 0.5) is 11.6 Å². The first kappa shape index (κ1) is 20.4. The lowest BCUT2D eigenvalue weighted by Gasteiger charge is -2.10. The van der Waals surface area contributed by atoms with Crippen molar-refractivity contribution in [3.8, 4) is 11.1 Å². The summed E-state index contributed by atoms with van der Waals surface area (Å²) in [6.07, 6.45) is 0. The van der Waals surface area contributed by atoms with Crippen LogP contribution in [0.1, 0.15) is 18.1 Å². The van der Waals surface area contributed by atoms with Crippen molar-refractivity contribution in [3.63, 3.8) is 0 Å². The maximum Gasteiger partial charge on any atom is 0.262 e. The minimum absolute atomic E-state index is 0.0661. The van der Waals surface area contributed by atoms with E-state index in [9.17, 15) is 4.79 Å². The highest BCUT2D eigenvalue weighted by Gasteiger charge is 2.23. The molecule has 0 atom stereocenters. The van der Waals surface area contributed by atoms with Crippen molar-refractivity contribution in [2.75, 3.05) is 5.32 Å². The second-order valence-electron chi connectivity index (χ2n) is 8.03. The van der Waals surface area contributed by atoms with Crippen LogP contribution in [-0.2, 0) is 6.54 Å². The molecule has 0 saturated carbocycles. The van der Waals surface area contributed by atoms with Gasteiger partial charge in [-0.3, -0.25) is 4.79 Å². The molecule has 0 spiro atoms. The Morgan fingerprint density at radius 3 is 2.47 bits per heavy atom. The van der Waals surface area contributed by atoms with E-state index in [1.165, 1.54) is 5.56 Å². The molecule has 5 aromatic rings. The molecule has 1 N–H and O–H groups in total. The molecule has 2 aromatic heterocycles. The molecule has 32 heavy (non-hydrogen) atoms. The van der Waals surface area contributed by atoms with Gasteiger partial charge in [-0.1, -0.05) is 53.6 Å². The summed E-state index contributed by atoms with van der Waals surface area (Å²) in [6, 6.07) is 21.6. The van der Waals surface area contributed by atoms with Gasteiger partial charge in [-0.2, -0.15) is 0 Å². The summed E-state index contributed by atoms with van der Waals surface area (Å²) in [5, 5.41) is 5.57. The molecule has 3 aromatic carbocycles. The fourth-order valence-electron chi connectivity index (χ4n) is 4.34. The number of anilines is 2. The molecule has 0 bridgehead atoms. The SMILES string of the molecule is CCn1c(=O)c2c(-c3ccc(Cl)cc3)c(Nc3ccc(C)cc3C)oc2c2ccccc21. The Morgan fingerprint density at radius 2 is 1.75 bits per heavy atom. The summed E-state index contributed by atoms with van der Waals surface area (Å²) in [5.41, 5.74) is 6.23. The molecule has 0 amide bonds. The molecular weight excluding hydrogens is 420 g/mol. The molecule has 0 saturated heterocycles. The van der Waals surface area contributed by atoms with Crippen molar-refractivity contribution in [2.45, 2.75) is 27.3 Å². The van der Waals surface area contributed by atoms with Gasteiger partial charge in [0.1, 0.15) is 0 Å². The molecule has 0 aliphatic heterocycles. The number of furan rings is 1. The fourth-order valence-corrected chi connectivity index (χ4v) is 4.47. The highest BCUT2D eigenvalue weighted by molar-refractivity contribution is 6.30. The van der Waals surface area contributed by atoms with Gasteiger partial charge in [0.2, 0.25) is 5.88 Å². The van der Waals surface area contributed by atoms with Gasteiger partial charge >= 0.3 is 0 Å². The monoisotopic (exact) mass is 442 g/mol. The molecule has 0 fully saturated rings. The van der Waals surface area contributed by atoms with Crippen molar-refractivity contribution in [1.82, 2.24) is 4.57 Å². The molecule has 160 valence electrons. The number of nitrogens with zero attached hydrogens (tertiary/aromatic N) is 1. The number of aromatic nitrogens is 1. The highest BCUT2D eigenvalue weighted by atomic mass is 35.5. The Balaban J connectivity index is 1.87. The quantitative estimate of drug-likeness (QED) is 0.314. The maximum atomic E-state index is 13.7. The minimum atomic E-state index is -0.0661. The highest BCUT2D eigenvalue weighted by Crippen LogP contribution is 2.41. The Hall–Kier alpha value is -3.50. The van der Waals surface area contributed by atoms with E-state index in [0.29, 0.717) is 28.4 Å². The summed E-state index contributed by atoms with van der Waals surface area (Å²) >= 11 is 6.15. The lowest BCUT2D eigenvalue weighted by molar-refractivity contribution is 0.637. The normalized spacial score (nSPS) is 11.4. The van der Waals surface area contributed by atoms with Crippen molar-refractivity contribution < 1.29 is 4.42 Å². The summed E-state index contributed by atoms with van der Waals surface area (Å²) in [4.78, 5) is 13.7. The van der Waals surface area contributed by atoms with Gasteiger partial charge in [0, 0.05) is 22.6 Å². The minimum Gasteiger partial charge on any atom is -0.439 e. The Kier molecular flexibility index (Phi) is 5.03. The zero-order valence-corrected chi connectivity index (χ0v) is 19.0. The molecule has 5 rings (SSSR count). The molecule has 2 heterocycles. The second-order valence-corrected chi connectivity index (χ2v) is 8.46. The van der Waals surface area contributed by atoms with E-state index in [0.717, 1.165) is 33.3 Å². The lowest BCUT2D eigenvalue weighted by atomic mass is 10.0. The van der Waals surface area contributed by atoms with Crippen molar-refractivity contribution >= 4 is 45.0 Å². The molecular formula is C27H23ClN2O2. The molecule has 0 aliphatic rings. The van der Waals surface area contributed by atoms with Crippen molar-refractivity contribution in [2.24, 2.45) is 0 Å². The summed E-state index contributed by atoms with van der Waals surface area (Å²) in [6.45, 7) is 6.67. The second kappa shape index (κ2) is 7.88. The number of aryl methyl sites for hydroxylation is 3. The average molecular weight is 443 g/mol. The van der Waals surface area contributed by atoms with Crippen molar-refractivity contribution in [1.29, 1.82) is 0 Å². The maximum absolute atomic E-state index is 13.7. The molecule has 0 unspecified atom stereocenters. The van der Waals surface area contributed by atoms with E-state index >= 15 is 0 Å². The van der Waals surface area contributed by atoms with E-state index in [-0.39, 0.29) is 5.56 Å². The van der Waals surface area contributed by atoms with Gasteiger partial charge in [0.25, 0.3) is 5.56 Å². The number of hydrogen-bond donors (Lipinski definition) is 1. The van der Waals surface area contributed by atoms with E-state index in [1.807, 2.05) is 61.5 Å². The van der Waals surface area contributed by atoms with E-state index < -0.39 is 0 Å². The van der Waals surface area contributed by atoms with Gasteiger partial charge in [-0.15, -0.1) is 0 Å². The van der Waals surface area contributed by atoms with Crippen molar-refractivity contribution in [3.05, 3.63) is 93.2 Å². The number of halogens is 1. The average Bonchev–Trinajstić information content (AvgIpc) is 3.16. The van der Waals surface area contributed by atoms with Crippen LogP contribution >= 0.6 is 11.6 Å². The number of pyridine rings is 1. The number of para-hydroxylation sites is 1. The van der Waals surface area contributed by atoms with Crippen LogP contribution in [-0.4, -0.2) is 4.57 Å². The Bertz CT molecular complexity index is 1530. The third kappa shape index (κ3) is 3.28. The Labute approximate surface area is 191 Å². The number of nitrogens with one attached hydrogen (secondary N) is 1. The van der Waals surface area contributed by atoms with Crippen LogP contribution in [0, 0.1) is 13.8 Å². The lowest BCUT2D eigenvalue weighted by Crippen LogP contribution is -2.19. The van der Waals surface area contributed by atoms with Gasteiger partial charge < -0.3 is 14.3 Å². The summed E-state index contributed by atoms with van der Waals surface area (Å²) < 4.78 is 8.21. The van der Waals surface area contributed by atoms with Crippen LogP contribution in [0.3, 0.4) is 0 Å². The third-order valence-corrected chi connectivity index (χ3v) is 6.14.